The van der Waals surface area contributed by atoms with E-state index in [-0.39, 0.29) is 5.69 Å². The first-order valence-electron chi connectivity index (χ1n) is 15.4. The maximum atomic E-state index is 11.6. The molecule has 0 bridgehead atoms. The van der Waals surface area contributed by atoms with Gasteiger partial charge in [0.15, 0.2) is 0 Å². The van der Waals surface area contributed by atoms with E-state index < -0.39 is 12.1 Å². The lowest BCUT2D eigenvalue weighted by atomic mass is 9.56. The molecule has 0 radical (unpaired) electrons. The van der Waals surface area contributed by atoms with Gasteiger partial charge in [0, 0.05) is 41.2 Å². The minimum atomic E-state index is -1.05. The van der Waals surface area contributed by atoms with Gasteiger partial charge >= 0.3 is 5.97 Å². The van der Waals surface area contributed by atoms with Crippen molar-refractivity contribution in [2.75, 3.05) is 18.0 Å². The largest absolute Gasteiger partial charge is 0.477 e. The summed E-state index contributed by atoms with van der Waals surface area (Å²) in [5.74, 6) is 1.32. The van der Waals surface area contributed by atoms with Crippen molar-refractivity contribution in [1.82, 2.24) is 10.1 Å². The summed E-state index contributed by atoms with van der Waals surface area (Å²) in [4.78, 5) is 18.4. The maximum Gasteiger partial charge on any atom is 0.354 e. The van der Waals surface area contributed by atoms with Crippen molar-refractivity contribution < 1.29 is 19.5 Å². The summed E-state index contributed by atoms with van der Waals surface area (Å²) >= 11 is 0. The van der Waals surface area contributed by atoms with Crippen LogP contribution in [0.1, 0.15) is 84.3 Å². The molecular weight excluding hydrogens is 526 g/mol. The number of aromatic carboxylic acids is 1. The van der Waals surface area contributed by atoms with Gasteiger partial charge in [-0.3, -0.25) is 0 Å². The van der Waals surface area contributed by atoms with E-state index in [1.807, 2.05) is 6.07 Å². The van der Waals surface area contributed by atoms with Crippen LogP contribution < -0.4 is 4.90 Å². The van der Waals surface area contributed by atoms with Crippen LogP contribution in [0.25, 0.3) is 22.2 Å². The summed E-state index contributed by atoms with van der Waals surface area (Å²) in [5, 5.41) is 25.1. The van der Waals surface area contributed by atoms with Gasteiger partial charge in [-0.1, -0.05) is 29.4 Å². The van der Waals surface area contributed by atoms with E-state index in [9.17, 15) is 15.0 Å². The summed E-state index contributed by atoms with van der Waals surface area (Å²) in [6, 6.07) is 16.2. The number of aryl methyl sites for hydroxylation is 1. The van der Waals surface area contributed by atoms with Crippen LogP contribution in [0, 0.1) is 18.3 Å². The highest BCUT2D eigenvalue weighted by molar-refractivity contribution is 5.93. The summed E-state index contributed by atoms with van der Waals surface area (Å²) in [6.45, 7) is 5.91. The number of carbonyl (C=O) groups is 1. The fourth-order valence-electron chi connectivity index (χ4n) is 7.56. The van der Waals surface area contributed by atoms with E-state index in [4.69, 9.17) is 4.52 Å². The third-order valence-corrected chi connectivity index (χ3v) is 9.90. The predicted molar refractivity (Wildman–Crippen MR) is 163 cm³/mol. The summed E-state index contributed by atoms with van der Waals surface area (Å²) in [6.07, 6.45) is 8.22. The molecule has 2 aromatic carbocycles. The van der Waals surface area contributed by atoms with E-state index >= 15 is 0 Å². The van der Waals surface area contributed by atoms with Gasteiger partial charge in [0.1, 0.15) is 17.1 Å². The lowest BCUT2D eigenvalue weighted by Crippen LogP contribution is -2.47. The Bertz CT molecular complexity index is 1640. The molecule has 2 aliphatic carbocycles. The van der Waals surface area contributed by atoms with Gasteiger partial charge in [0.25, 0.3) is 0 Å². The average Bonchev–Trinajstić information content (AvgIpc) is 3.72. The molecule has 1 atom stereocenters. The summed E-state index contributed by atoms with van der Waals surface area (Å²) in [5.41, 5.74) is 7.94. The minimum Gasteiger partial charge on any atom is -0.477 e. The number of carboxylic acid groups (broad SMARTS) is 1. The minimum absolute atomic E-state index is 0.0202. The van der Waals surface area contributed by atoms with Crippen molar-refractivity contribution in [2.24, 2.45) is 11.3 Å². The van der Waals surface area contributed by atoms with Gasteiger partial charge in [-0.15, -0.1) is 0 Å². The predicted octanol–water partition coefficient (Wildman–Crippen LogP) is 6.94. The molecule has 2 aromatic heterocycles. The third kappa shape index (κ3) is 5.08. The van der Waals surface area contributed by atoms with Crippen molar-refractivity contribution in [3.8, 4) is 11.3 Å². The van der Waals surface area contributed by atoms with Gasteiger partial charge in [-0.2, -0.15) is 0 Å². The first kappa shape index (κ1) is 27.1. The number of rotatable bonds is 8. The molecule has 0 amide bonds. The number of fused-ring (bicyclic) bond motifs is 1. The molecular formula is C35H39N3O4. The normalized spacial score (nSPS) is 19.3. The first-order valence-corrected chi connectivity index (χ1v) is 15.4. The quantitative estimate of drug-likeness (QED) is 0.239. The number of nitrogens with zero attached hydrogens (tertiary/aromatic N) is 3. The lowest BCUT2D eigenvalue weighted by Gasteiger charge is -2.53. The molecule has 7 heteroatoms. The average molecular weight is 566 g/mol. The van der Waals surface area contributed by atoms with E-state index in [1.165, 1.54) is 55.2 Å². The summed E-state index contributed by atoms with van der Waals surface area (Å²) < 4.78 is 5.97. The fraction of sp³-hybridized carbons (Fsp3) is 0.457. The number of anilines is 1. The van der Waals surface area contributed by atoms with Crippen LogP contribution in [-0.4, -0.2) is 45.5 Å². The van der Waals surface area contributed by atoms with E-state index in [2.05, 4.69) is 58.4 Å². The number of hydrogen-bond donors (Lipinski definition) is 2. The number of pyridine rings is 1. The molecule has 7 nitrogen and oxygen atoms in total. The SMILES string of the molecule is Cc1ccccc1-c1noc(C2CC2)c1CC1CC2(CCN(c3ccc4nc(C(=O)O)cc(CC(C)O)c4c3)CC2)C1. The van der Waals surface area contributed by atoms with Crippen LogP contribution in [0.5, 0.6) is 0 Å². The van der Waals surface area contributed by atoms with Gasteiger partial charge in [0.05, 0.1) is 11.6 Å². The molecule has 1 aliphatic heterocycles. The maximum absolute atomic E-state index is 11.6. The molecule has 2 N–H and O–H groups in total. The molecule has 42 heavy (non-hydrogen) atoms. The van der Waals surface area contributed by atoms with Crippen LogP contribution in [0.15, 0.2) is 53.1 Å². The van der Waals surface area contributed by atoms with Gasteiger partial charge in [-0.05, 0) is 112 Å². The number of aliphatic hydroxyl groups is 1. The van der Waals surface area contributed by atoms with Crippen LogP contribution in [0.3, 0.4) is 0 Å². The summed E-state index contributed by atoms with van der Waals surface area (Å²) in [7, 11) is 0. The zero-order chi connectivity index (χ0) is 29.0. The lowest BCUT2D eigenvalue weighted by molar-refractivity contribution is 0.0282. The Morgan fingerprint density at radius 2 is 1.88 bits per heavy atom. The highest BCUT2D eigenvalue weighted by Gasteiger charge is 2.46. The van der Waals surface area contributed by atoms with Gasteiger partial charge in [-0.25, -0.2) is 9.78 Å². The molecule has 218 valence electrons. The number of benzene rings is 2. The zero-order valence-corrected chi connectivity index (χ0v) is 24.5. The number of aliphatic hydroxyl groups excluding tert-OH is 1. The van der Waals surface area contributed by atoms with Gasteiger partial charge < -0.3 is 19.6 Å². The number of aromatic nitrogens is 2. The number of hydrogen-bond acceptors (Lipinski definition) is 6. The van der Waals surface area contributed by atoms with Crippen molar-refractivity contribution >= 4 is 22.6 Å². The monoisotopic (exact) mass is 565 g/mol. The Kier molecular flexibility index (Phi) is 6.81. The van der Waals surface area contributed by atoms with Gasteiger partial charge in [0.2, 0.25) is 0 Å². The molecule has 7 rings (SSSR count). The Morgan fingerprint density at radius 1 is 1.12 bits per heavy atom. The second-order valence-corrected chi connectivity index (χ2v) is 13.2. The topological polar surface area (TPSA) is 99.7 Å². The molecule has 3 fully saturated rings. The van der Waals surface area contributed by atoms with Crippen molar-refractivity contribution in [3.05, 3.63) is 76.7 Å². The Labute approximate surface area is 246 Å². The third-order valence-electron chi connectivity index (χ3n) is 9.90. The second-order valence-electron chi connectivity index (χ2n) is 13.2. The van der Waals surface area contributed by atoms with E-state index in [1.54, 1.807) is 13.0 Å². The second kappa shape index (κ2) is 10.5. The molecule has 1 spiro atoms. The Hall–Kier alpha value is -3.71. The Morgan fingerprint density at radius 3 is 2.57 bits per heavy atom. The van der Waals surface area contributed by atoms with Crippen LogP contribution >= 0.6 is 0 Å². The number of carboxylic acids is 1. The van der Waals surface area contributed by atoms with Crippen LogP contribution in [0.4, 0.5) is 5.69 Å². The highest BCUT2D eigenvalue weighted by Crippen LogP contribution is 2.55. The molecule has 1 saturated heterocycles. The van der Waals surface area contributed by atoms with Crippen molar-refractivity contribution in [1.29, 1.82) is 0 Å². The molecule has 1 unspecified atom stereocenters. The van der Waals surface area contributed by atoms with Crippen molar-refractivity contribution in [2.45, 2.75) is 77.2 Å². The van der Waals surface area contributed by atoms with Crippen molar-refractivity contribution in [3.63, 3.8) is 0 Å². The number of piperidine rings is 1. The van der Waals surface area contributed by atoms with E-state index in [0.717, 1.165) is 47.6 Å². The zero-order valence-electron chi connectivity index (χ0n) is 24.5. The van der Waals surface area contributed by atoms with Crippen LogP contribution in [-0.2, 0) is 12.8 Å². The fourth-order valence-corrected chi connectivity index (χ4v) is 7.56. The molecule has 4 aromatic rings. The standard InChI is InChI=1S/C35H39N3O4/c1-21-5-3-4-6-27(21)32-29(33(42-37-32)24-7-8-24)16-23-19-35(20-23)11-13-38(14-12-35)26-9-10-30-28(18-26)25(15-22(2)39)17-31(36-30)34(40)41/h3-6,9-10,17-18,22-24,39H,7-8,11-16,19-20H2,1-2H3,(H,40,41). The molecule has 3 aliphatic rings. The van der Waals surface area contributed by atoms with Crippen LogP contribution in [0.2, 0.25) is 0 Å². The Balaban J connectivity index is 1.04. The highest BCUT2D eigenvalue weighted by atomic mass is 16.5. The molecule has 2 saturated carbocycles. The first-order chi connectivity index (χ1) is 20.3. The van der Waals surface area contributed by atoms with E-state index in [0.29, 0.717) is 29.2 Å². The molecule has 3 heterocycles. The smallest absolute Gasteiger partial charge is 0.354 e.